The highest BCUT2D eigenvalue weighted by Crippen LogP contribution is 2.31. The van der Waals surface area contributed by atoms with Crippen molar-refractivity contribution in [3.63, 3.8) is 0 Å². The number of halogens is 3. The Morgan fingerprint density at radius 2 is 1.80 bits per heavy atom. The van der Waals surface area contributed by atoms with Crippen LogP contribution < -0.4 is 4.74 Å². The Hall–Kier alpha value is -2.57. The van der Waals surface area contributed by atoms with Crippen LogP contribution in [-0.4, -0.2) is 16.1 Å². The number of hydrogen-bond acceptors (Lipinski definition) is 3. The molecule has 0 saturated heterocycles. The third kappa shape index (κ3) is 3.05. The van der Waals surface area contributed by atoms with Crippen LogP contribution in [0.4, 0.5) is 13.2 Å². The van der Waals surface area contributed by atoms with E-state index in [-0.39, 0.29) is 17.2 Å². The number of benzene rings is 1. The summed E-state index contributed by atoms with van der Waals surface area (Å²) in [6.07, 6.45) is -3.15. The van der Waals surface area contributed by atoms with Gasteiger partial charge in [0, 0.05) is 6.20 Å². The maximum absolute atomic E-state index is 12.4. The number of aromatic carboxylic acids is 1. The van der Waals surface area contributed by atoms with E-state index in [2.05, 4.69) is 4.98 Å². The van der Waals surface area contributed by atoms with Crippen LogP contribution in [0.1, 0.15) is 16.1 Å². The number of ether oxygens (including phenoxy) is 1. The third-order valence-corrected chi connectivity index (χ3v) is 2.38. The van der Waals surface area contributed by atoms with Crippen molar-refractivity contribution >= 4 is 5.97 Å². The van der Waals surface area contributed by atoms with Crippen molar-refractivity contribution in [2.75, 3.05) is 0 Å². The summed E-state index contributed by atoms with van der Waals surface area (Å²) in [6, 6.07) is 6.77. The molecule has 2 aromatic rings. The number of pyridine rings is 1. The molecule has 0 atom stereocenters. The zero-order valence-electron chi connectivity index (χ0n) is 9.89. The van der Waals surface area contributed by atoms with Crippen molar-refractivity contribution in [1.82, 2.24) is 4.98 Å². The lowest BCUT2D eigenvalue weighted by molar-refractivity contribution is -0.137. The topological polar surface area (TPSA) is 59.4 Å². The van der Waals surface area contributed by atoms with Crippen molar-refractivity contribution < 1.29 is 27.8 Å². The summed E-state index contributed by atoms with van der Waals surface area (Å²) < 4.78 is 42.4. The molecule has 0 fully saturated rings. The maximum Gasteiger partial charge on any atom is 0.416 e. The molecule has 2 rings (SSSR count). The van der Waals surface area contributed by atoms with E-state index in [1.54, 1.807) is 0 Å². The van der Waals surface area contributed by atoms with Gasteiger partial charge in [-0.1, -0.05) is 0 Å². The highest BCUT2D eigenvalue weighted by Gasteiger charge is 2.30. The van der Waals surface area contributed by atoms with Crippen molar-refractivity contribution in [2.45, 2.75) is 6.18 Å². The maximum atomic E-state index is 12.4. The minimum absolute atomic E-state index is 0.0419. The molecular formula is C13H8F3NO3. The van der Waals surface area contributed by atoms with E-state index in [1.165, 1.54) is 18.3 Å². The third-order valence-electron chi connectivity index (χ3n) is 2.38. The van der Waals surface area contributed by atoms with Crippen LogP contribution >= 0.6 is 0 Å². The van der Waals surface area contributed by atoms with Gasteiger partial charge in [0.2, 0.25) is 0 Å². The quantitative estimate of drug-likeness (QED) is 0.935. The van der Waals surface area contributed by atoms with E-state index in [9.17, 15) is 18.0 Å². The standard InChI is InChI=1S/C13H8F3NO3/c14-13(15,16)8-3-5-9(6-4-8)20-10-2-1-7-17-11(10)12(18)19/h1-7H,(H,18,19). The summed E-state index contributed by atoms with van der Waals surface area (Å²) in [5.41, 5.74) is -1.12. The van der Waals surface area contributed by atoms with Gasteiger partial charge in [0.05, 0.1) is 5.56 Å². The second-order valence-electron chi connectivity index (χ2n) is 3.78. The molecule has 1 heterocycles. The monoisotopic (exact) mass is 283 g/mol. The summed E-state index contributed by atoms with van der Waals surface area (Å²) in [5.74, 6) is -1.24. The Bertz CT molecular complexity index is 624. The minimum Gasteiger partial charge on any atom is -0.476 e. The number of aromatic nitrogens is 1. The molecule has 0 bridgehead atoms. The van der Waals surface area contributed by atoms with E-state index in [0.717, 1.165) is 24.3 Å². The highest BCUT2D eigenvalue weighted by atomic mass is 19.4. The summed E-state index contributed by atoms with van der Waals surface area (Å²) in [7, 11) is 0. The molecule has 7 heteroatoms. The first-order valence-corrected chi connectivity index (χ1v) is 5.41. The van der Waals surface area contributed by atoms with Gasteiger partial charge in [-0.25, -0.2) is 9.78 Å². The zero-order chi connectivity index (χ0) is 14.8. The number of rotatable bonds is 3. The molecule has 0 radical (unpaired) electrons. The highest BCUT2D eigenvalue weighted by molar-refractivity contribution is 5.88. The number of hydrogen-bond donors (Lipinski definition) is 1. The first kappa shape index (κ1) is 13.9. The molecule has 0 saturated carbocycles. The normalized spacial score (nSPS) is 11.2. The van der Waals surface area contributed by atoms with Crippen molar-refractivity contribution in [3.05, 3.63) is 53.9 Å². The fourth-order valence-corrected chi connectivity index (χ4v) is 1.47. The lowest BCUT2D eigenvalue weighted by atomic mass is 10.2. The SMILES string of the molecule is O=C(O)c1ncccc1Oc1ccc(C(F)(F)F)cc1. The molecule has 4 nitrogen and oxygen atoms in total. The van der Waals surface area contributed by atoms with Crippen molar-refractivity contribution in [1.29, 1.82) is 0 Å². The van der Waals surface area contributed by atoms with Crippen LogP contribution in [0.15, 0.2) is 42.6 Å². The molecular weight excluding hydrogens is 275 g/mol. The Kier molecular flexibility index (Phi) is 3.60. The molecule has 0 amide bonds. The van der Waals surface area contributed by atoms with Crippen LogP contribution in [0, 0.1) is 0 Å². The first-order chi connectivity index (χ1) is 9.38. The number of alkyl halides is 3. The fourth-order valence-electron chi connectivity index (χ4n) is 1.47. The van der Waals surface area contributed by atoms with E-state index in [0.29, 0.717) is 0 Å². The average molecular weight is 283 g/mol. The molecule has 0 aliphatic heterocycles. The van der Waals surface area contributed by atoms with Gasteiger partial charge in [0.25, 0.3) is 0 Å². The van der Waals surface area contributed by atoms with Gasteiger partial charge in [-0.05, 0) is 36.4 Å². The van der Waals surface area contributed by atoms with E-state index in [1.807, 2.05) is 0 Å². The van der Waals surface area contributed by atoms with Crippen LogP contribution in [0.2, 0.25) is 0 Å². The first-order valence-electron chi connectivity index (χ1n) is 5.41. The van der Waals surface area contributed by atoms with Crippen LogP contribution in [0.3, 0.4) is 0 Å². The Morgan fingerprint density at radius 1 is 1.15 bits per heavy atom. The smallest absolute Gasteiger partial charge is 0.416 e. The summed E-state index contributed by atoms with van der Waals surface area (Å²) in [5, 5.41) is 8.90. The molecule has 104 valence electrons. The number of carbonyl (C=O) groups is 1. The lowest BCUT2D eigenvalue weighted by Crippen LogP contribution is -2.05. The van der Waals surface area contributed by atoms with Crippen LogP contribution in [0.5, 0.6) is 11.5 Å². The predicted octanol–water partition coefficient (Wildman–Crippen LogP) is 3.59. The predicted molar refractivity (Wildman–Crippen MR) is 62.7 cm³/mol. The fraction of sp³-hybridized carbons (Fsp3) is 0.0769. The van der Waals surface area contributed by atoms with Crippen molar-refractivity contribution in [2.24, 2.45) is 0 Å². The van der Waals surface area contributed by atoms with Crippen LogP contribution in [-0.2, 0) is 6.18 Å². The largest absolute Gasteiger partial charge is 0.476 e. The van der Waals surface area contributed by atoms with Gasteiger partial charge in [0.1, 0.15) is 5.75 Å². The second kappa shape index (κ2) is 5.20. The lowest BCUT2D eigenvalue weighted by Gasteiger charge is -2.09. The Morgan fingerprint density at radius 3 is 2.35 bits per heavy atom. The van der Waals surface area contributed by atoms with Gasteiger partial charge in [-0.3, -0.25) is 0 Å². The summed E-state index contributed by atoms with van der Waals surface area (Å²) >= 11 is 0. The molecule has 1 aromatic heterocycles. The Balaban J connectivity index is 2.25. The van der Waals surface area contributed by atoms with Crippen LogP contribution in [0.25, 0.3) is 0 Å². The summed E-state index contributed by atoms with van der Waals surface area (Å²) in [6.45, 7) is 0. The molecule has 1 aromatic carbocycles. The molecule has 0 aliphatic rings. The number of carboxylic acid groups (broad SMARTS) is 1. The van der Waals surface area contributed by atoms with E-state index in [4.69, 9.17) is 9.84 Å². The molecule has 0 unspecified atom stereocenters. The van der Waals surface area contributed by atoms with Gasteiger partial charge < -0.3 is 9.84 Å². The van der Waals surface area contributed by atoms with Gasteiger partial charge >= 0.3 is 12.1 Å². The van der Waals surface area contributed by atoms with Gasteiger partial charge in [-0.15, -0.1) is 0 Å². The Labute approximate surface area is 111 Å². The number of nitrogens with zero attached hydrogens (tertiary/aromatic N) is 1. The zero-order valence-corrected chi connectivity index (χ0v) is 9.89. The van der Waals surface area contributed by atoms with E-state index >= 15 is 0 Å². The number of carboxylic acids is 1. The molecule has 0 spiro atoms. The van der Waals surface area contributed by atoms with Crippen molar-refractivity contribution in [3.8, 4) is 11.5 Å². The minimum atomic E-state index is -4.43. The molecule has 20 heavy (non-hydrogen) atoms. The summed E-state index contributed by atoms with van der Waals surface area (Å²) in [4.78, 5) is 14.5. The average Bonchev–Trinajstić information content (AvgIpc) is 2.38. The van der Waals surface area contributed by atoms with Gasteiger partial charge in [0.15, 0.2) is 11.4 Å². The van der Waals surface area contributed by atoms with E-state index < -0.39 is 17.7 Å². The molecule has 1 N–H and O–H groups in total. The molecule has 0 aliphatic carbocycles. The van der Waals surface area contributed by atoms with Gasteiger partial charge in [-0.2, -0.15) is 13.2 Å². The second-order valence-corrected chi connectivity index (χ2v) is 3.78.